The van der Waals surface area contributed by atoms with Gasteiger partial charge in [-0.25, -0.2) is 0 Å². The van der Waals surface area contributed by atoms with Crippen LogP contribution in [0.25, 0.3) is 0 Å². The predicted molar refractivity (Wildman–Crippen MR) is 198 cm³/mol. The number of allylic oxidation sites excluding steroid dienone is 3. The lowest BCUT2D eigenvalue weighted by Gasteiger charge is -2.33. The maximum atomic E-state index is 12.9. The Balaban J connectivity index is 0.00000211. The van der Waals surface area contributed by atoms with E-state index in [-0.39, 0.29) is 23.3 Å². The Labute approximate surface area is 284 Å². The van der Waals surface area contributed by atoms with E-state index in [4.69, 9.17) is 22.1 Å². The highest BCUT2D eigenvalue weighted by atomic mass is 16.1. The fraction of sp³-hybridized carbons (Fsp3) is 0.500. The quantitative estimate of drug-likeness (QED) is 0.0819. The smallest absolute Gasteiger partial charge is 0.255 e. The molecule has 2 aromatic rings. The molecule has 0 aliphatic heterocycles. The summed E-state index contributed by atoms with van der Waals surface area (Å²) in [6.07, 6.45) is 13.2. The molecule has 0 heterocycles. The van der Waals surface area contributed by atoms with Gasteiger partial charge in [0.2, 0.25) is 6.41 Å². The van der Waals surface area contributed by atoms with Crippen molar-refractivity contribution in [1.29, 1.82) is 0 Å². The number of nitrogens with one attached hydrogen (secondary N) is 3. The summed E-state index contributed by atoms with van der Waals surface area (Å²) in [5.74, 6) is 4.92. The van der Waals surface area contributed by atoms with Crippen molar-refractivity contribution in [3.63, 3.8) is 0 Å². The van der Waals surface area contributed by atoms with Crippen molar-refractivity contribution in [2.75, 3.05) is 25.0 Å². The zero-order chi connectivity index (χ0) is 35.8. The number of hydrogen-bond donors (Lipinski definition) is 6. The minimum Gasteiger partial charge on any atom is -0.355 e. The molecule has 1 aliphatic rings. The normalized spacial score (nSPS) is 14.1. The third-order valence-corrected chi connectivity index (χ3v) is 8.80. The van der Waals surface area contributed by atoms with Gasteiger partial charge < -0.3 is 26.9 Å². The van der Waals surface area contributed by atoms with Crippen LogP contribution in [0.3, 0.4) is 0 Å². The van der Waals surface area contributed by atoms with Crippen LogP contribution in [0.2, 0.25) is 0 Å². The Hall–Kier alpha value is -3.63. The van der Waals surface area contributed by atoms with Gasteiger partial charge in [0, 0.05) is 36.3 Å². The fourth-order valence-electron chi connectivity index (χ4n) is 5.30. The van der Waals surface area contributed by atoms with Crippen molar-refractivity contribution in [3.8, 4) is 0 Å². The van der Waals surface area contributed by atoms with Gasteiger partial charge in [0.05, 0.1) is 0 Å². The monoisotopic (exact) mass is 650 g/mol. The molecule has 1 aliphatic carbocycles. The molecule has 2 amide bonds. The molecular weight excluding hydrogens is 588 g/mol. The van der Waals surface area contributed by atoms with E-state index in [9.17, 15) is 9.59 Å². The summed E-state index contributed by atoms with van der Waals surface area (Å²) in [5.41, 5.74) is 20.8. The maximum absolute atomic E-state index is 12.9. The number of anilines is 1. The second kappa shape index (κ2) is 24.5. The van der Waals surface area contributed by atoms with Crippen molar-refractivity contribution in [2.24, 2.45) is 28.6 Å². The number of hydrazine groups is 1. The number of nitrogens with two attached hydrogens (primary N) is 3. The summed E-state index contributed by atoms with van der Waals surface area (Å²) < 4.78 is 0. The van der Waals surface area contributed by atoms with Crippen LogP contribution in [0, 0.1) is 25.2 Å². The average molecular weight is 651 g/mol. The van der Waals surface area contributed by atoms with E-state index in [0.29, 0.717) is 25.2 Å². The van der Waals surface area contributed by atoms with E-state index >= 15 is 0 Å². The Bertz CT molecular complexity index is 1250. The topological polar surface area (TPSA) is 165 Å². The standard InChI is InChI=1S/C33H45N3O2.C2H9N3.C2H6.CH2O/c1-6-33(5,7-2)29-15-12-25(13-16-29)31(35-22-37)21-27-14-17-30(20-26(27)9-8-18-34)36-32(38)28-11-10-23(3)24(4)19-28;3-1-2-5-4;2*1-2/h10-12,14-17,19-20,22,25,31H,6-9,13,18,21,34H2,1-5H3,(H,35,37)(H,36,38);5H,1-4H2;1-2H3;1H2. The molecule has 3 rings (SSSR count). The Morgan fingerprint density at radius 3 is 2.19 bits per heavy atom. The van der Waals surface area contributed by atoms with Crippen LogP contribution < -0.4 is 33.4 Å². The molecule has 0 aromatic heterocycles. The Morgan fingerprint density at radius 1 is 1.02 bits per heavy atom. The Kier molecular flexibility index (Phi) is 22.6. The number of amides is 2. The van der Waals surface area contributed by atoms with Gasteiger partial charge in [-0.05, 0) is 116 Å². The van der Waals surface area contributed by atoms with Gasteiger partial charge in [-0.1, -0.05) is 65.0 Å². The third kappa shape index (κ3) is 14.3. The van der Waals surface area contributed by atoms with Crippen molar-refractivity contribution >= 4 is 24.8 Å². The third-order valence-electron chi connectivity index (χ3n) is 8.80. The summed E-state index contributed by atoms with van der Waals surface area (Å²) in [6, 6.07) is 11.8. The fourth-order valence-corrected chi connectivity index (χ4v) is 5.30. The SMILES string of the molecule is C=O.CC.CCC(C)(CC)C1=CCC(C(Cc2ccc(NC(=O)c3ccc(C)c(C)c3)cc2CCCN)NC=O)C=C1.NCCNN. The summed E-state index contributed by atoms with van der Waals surface area (Å²) >= 11 is 0. The first-order chi connectivity index (χ1) is 22.7. The lowest BCUT2D eigenvalue weighted by Crippen LogP contribution is -2.37. The molecule has 0 bridgehead atoms. The second-order valence-corrected chi connectivity index (χ2v) is 11.7. The predicted octanol–water partition coefficient (Wildman–Crippen LogP) is 5.68. The molecule has 2 aromatic carbocycles. The second-order valence-electron chi connectivity index (χ2n) is 11.7. The van der Waals surface area contributed by atoms with Crippen molar-refractivity contribution in [3.05, 3.63) is 88.0 Å². The molecule has 47 heavy (non-hydrogen) atoms. The van der Waals surface area contributed by atoms with Crippen LogP contribution in [0.1, 0.15) is 92.9 Å². The van der Waals surface area contributed by atoms with Crippen molar-refractivity contribution in [1.82, 2.24) is 10.7 Å². The summed E-state index contributed by atoms with van der Waals surface area (Å²) in [5, 5.41) is 6.15. The van der Waals surface area contributed by atoms with E-state index in [0.717, 1.165) is 67.3 Å². The van der Waals surface area contributed by atoms with Gasteiger partial charge in [-0.15, -0.1) is 0 Å². The van der Waals surface area contributed by atoms with Gasteiger partial charge in [0.25, 0.3) is 5.91 Å². The summed E-state index contributed by atoms with van der Waals surface area (Å²) in [6.45, 7) is 18.8. The molecule has 0 saturated heterocycles. The molecule has 2 atom stereocenters. The van der Waals surface area contributed by atoms with E-state index in [1.165, 1.54) is 11.1 Å². The molecule has 262 valence electrons. The summed E-state index contributed by atoms with van der Waals surface area (Å²) in [7, 11) is 0. The maximum Gasteiger partial charge on any atom is 0.255 e. The van der Waals surface area contributed by atoms with Crippen LogP contribution in [0.4, 0.5) is 5.69 Å². The first-order valence-electron chi connectivity index (χ1n) is 16.9. The lowest BCUT2D eigenvalue weighted by atomic mass is 9.73. The zero-order valence-electron chi connectivity index (χ0n) is 30.0. The molecule has 0 radical (unpaired) electrons. The molecule has 2 unspecified atom stereocenters. The number of hydrogen-bond acceptors (Lipinski definition) is 7. The van der Waals surface area contributed by atoms with Crippen LogP contribution in [-0.4, -0.2) is 44.8 Å². The molecule has 0 spiro atoms. The van der Waals surface area contributed by atoms with Crippen LogP contribution in [0.5, 0.6) is 0 Å². The average Bonchev–Trinajstić information content (AvgIpc) is 3.11. The molecule has 9 nitrogen and oxygen atoms in total. The van der Waals surface area contributed by atoms with Crippen LogP contribution in [-0.2, 0) is 22.4 Å². The highest BCUT2D eigenvalue weighted by Crippen LogP contribution is 2.38. The van der Waals surface area contributed by atoms with Gasteiger partial charge in [0.1, 0.15) is 6.79 Å². The van der Waals surface area contributed by atoms with Crippen molar-refractivity contribution in [2.45, 2.75) is 93.0 Å². The van der Waals surface area contributed by atoms with Crippen molar-refractivity contribution < 1.29 is 14.4 Å². The lowest BCUT2D eigenvalue weighted by molar-refractivity contribution is -0.110. The van der Waals surface area contributed by atoms with Crippen LogP contribution >= 0.6 is 0 Å². The number of aryl methyl sites for hydroxylation is 3. The molecule has 0 fully saturated rings. The number of carbonyl (C=O) groups excluding carboxylic acids is 3. The largest absolute Gasteiger partial charge is 0.355 e. The van der Waals surface area contributed by atoms with E-state index in [2.05, 4.69) is 67.2 Å². The van der Waals surface area contributed by atoms with E-state index in [1.54, 1.807) is 0 Å². The highest BCUT2D eigenvalue weighted by Gasteiger charge is 2.28. The molecule has 9 heteroatoms. The van der Waals surface area contributed by atoms with Gasteiger partial charge in [-0.2, -0.15) is 0 Å². The van der Waals surface area contributed by atoms with Gasteiger partial charge in [0.15, 0.2) is 0 Å². The highest BCUT2D eigenvalue weighted by molar-refractivity contribution is 6.04. The molecule has 0 saturated carbocycles. The number of benzene rings is 2. The first-order valence-corrected chi connectivity index (χ1v) is 16.9. The van der Waals surface area contributed by atoms with Crippen LogP contribution in [0.15, 0.2) is 60.2 Å². The summed E-state index contributed by atoms with van der Waals surface area (Å²) in [4.78, 5) is 32.5. The minimum atomic E-state index is -0.118. The number of carbonyl (C=O) groups is 3. The minimum absolute atomic E-state index is 0.0105. The Morgan fingerprint density at radius 2 is 1.70 bits per heavy atom. The van der Waals surface area contributed by atoms with Gasteiger partial charge >= 0.3 is 0 Å². The molecular formula is C38H62N6O3. The molecule has 9 N–H and O–H groups in total. The van der Waals surface area contributed by atoms with E-state index < -0.39 is 0 Å². The van der Waals surface area contributed by atoms with Gasteiger partial charge in [-0.3, -0.25) is 20.9 Å². The number of rotatable bonds is 15. The first kappa shape index (κ1) is 43.4. The zero-order valence-corrected chi connectivity index (χ0v) is 30.0. The van der Waals surface area contributed by atoms with E-state index in [1.807, 2.05) is 58.7 Å².